The van der Waals surface area contributed by atoms with Crippen LogP contribution in [0.4, 0.5) is 7.77 Å². The molecule has 0 saturated carbocycles. The molecular weight excluding hydrogens is 170 g/mol. The van der Waals surface area contributed by atoms with Gasteiger partial charge in [-0.3, -0.25) is 0 Å². The van der Waals surface area contributed by atoms with Gasteiger partial charge in [0.2, 0.25) is 0 Å². The van der Waals surface area contributed by atoms with E-state index in [0.29, 0.717) is 0 Å². The van der Waals surface area contributed by atoms with E-state index in [1.54, 1.807) is 12.1 Å². The molecule has 0 aliphatic rings. The smallest absolute Gasteiger partial charge is 0.0631 e. The molecule has 0 N–H and O–H groups in total. The van der Waals surface area contributed by atoms with E-state index in [1.165, 1.54) is 0 Å². The Balaban J connectivity index is 3.64. The molecule has 0 aliphatic heterocycles. The van der Waals surface area contributed by atoms with Gasteiger partial charge in [-0.25, -0.2) is 0 Å². The van der Waals surface area contributed by atoms with E-state index in [4.69, 9.17) is 10.5 Å². The number of hydrogen-bond acceptors (Lipinski definition) is 2. The molecule has 0 amide bonds. The van der Waals surface area contributed by atoms with Gasteiger partial charge < -0.3 is 0 Å². The van der Waals surface area contributed by atoms with E-state index in [-0.39, 0.29) is 24.3 Å². The highest BCUT2D eigenvalue weighted by molar-refractivity contribution is 8.25. The summed E-state index contributed by atoms with van der Waals surface area (Å²) in [5.74, 6) is -0.712. The molecule has 5 heteroatoms. The van der Waals surface area contributed by atoms with Crippen LogP contribution in [0.1, 0.15) is 12.8 Å². The van der Waals surface area contributed by atoms with Gasteiger partial charge in [-0.15, -0.1) is 0 Å². The van der Waals surface area contributed by atoms with Gasteiger partial charge in [0, 0.05) is 24.3 Å². The normalized spacial score (nSPS) is 11.6. The molecule has 0 unspecified atom stereocenters. The van der Waals surface area contributed by atoms with Crippen molar-refractivity contribution >= 4 is 10.8 Å². The van der Waals surface area contributed by atoms with E-state index in [1.807, 2.05) is 0 Å². The minimum absolute atomic E-state index is 0.117. The average molecular weight is 178 g/mol. The van der Waals surface area contributed by atoms with Crippen LogP contribution >= 0.6 is 10.8 Å². The molecule has 0 aromatic heterocycles. The van der Waals surface area contributed by atoms with E-state index < -0.39 is 10.8 Å². The predicted molar refractivity (Wildman–Crippen MR) is 40.0 cm³/mol. The van der Waals surface area contributed by atoms with Crippen molar-refractivity contribution in [2.24, 2.45) is 0 Å². The Morgan fingerprint density at radius 1 is 1.00 bits per heavy atom. The van der Waals surface area contributed by atoms with Crippen molar-refractivity contribution in [2.45, 2.75) is 12.8 Å². The molecule has 0 atom stereocenters. The van der Waals surface area contributed by atoms with E-state index >= 15 is 0 Å². The third-order valence-electron chi connectivity index (χ3n) is 1.03. The van der Waals surface area contributed by atoms with Crippen LogP contribution in [0.2, 0.25) is 0 Å². The molecule has 0 aliphatic carbocycles. The van der Waals surface area contributed by atoms with Crippen LogP contribution in [-0.2, 0) is 0 Å². The van der Waals surface area contributed by atoms with Gasteiger partial charge in [0.15, 0.2) is 0 Å². The molecule has 11 heavy (non-hydrogen) atoms. The van der Waals surface area contributed by atoms with Crippen molar-refractivity contribution in [1.29, 1.82) is 10.5 Å². The highest BCUT2D eigenvalue weighted by atomic mass is 32.3. The second kappa shape index (κ2) is 4.92. The maximum absolute atomic E-state index is 12.6. The fraction of sp³-hybridized carbons (Fsp3) is 0.667. The molecule has 2 nitrogen and oxygen atoms in total. The van der Waals surface area contributed by atoms with Gasteiger partial charge in [0.1, 0.15) is 0 Å². The van der Waals surface area contributed by atoms with Crippen molar-refractivity contribution in [1.82, 2.24) is 0 Å². The lowest BCUT2D eigenvalue weighted by atomic mass is 10.5. The second-order valence-corrected chi connectivity index (χ2v) is 4.14. The quantitative estimate of drug-likeness (QED) is 0.663. The van der Waals surface area contributed by atoms with Crippen LogP contribution in [0.25, 0.3) is 0 Å². The van der Waals surface area contributed by atoms with Crippen LogP contribution in [0.5, 0.6) is 0 Å². The highest BCUT2D eigenvalue weighted by Crippen LogP contribution is 2.52. The number of rotatable bonds is 4. The van der Waals surface area contributed by atoms with Gasteiger partial charge in [-0.05, 0) is 0 Å². The third-order valence-corrected chi connectivity index (χ3v) is 2.63. The molecule has 0 saturated heterocycles. The predicted octanol–water partition coefficient (Wildman–Crippen LogP) is 2.39. The minimum Gasteiger partial charge on any atom is -0.198 e. The lowest BCUT2D eigenvalue weighted by Crippen LogP contribution is -1.97. The zero-order valence-electron chi connectivity index (χ0n) is 5.89. The van der Waals surface area contributed by atoms with Crippen LogP contribution in [0.3, 0.4) is 0 Å². The van der Waals surface area contributed by atoms with Crippen molar-refractivity contribution in [2.75, 3.05) is 11.5 Å². The Labute approximate surface area is 66.3 Å². The Morgan fingerprint density at radius 3 is 1.64 bits per heavy atom. The average Bonchev–Trinajstić information content (AvgIpc) is 1.97. The molecule has 0 heterocycles. The fourth-order valence-corrected chi connectivity index (χ4v) is 1.48. The van der Waals surface area contributed by atoms with Crippen molar-refractivity contribution in [3.8, 4) is 12.1 Å². The summed E-state index contributed by atoms with van der Waals surface area (Å²) in [5.41, 5.74) is 0. The van der Waals surface area contributed by atoms with Crippen molar-refractivity contribution in [3.63, 3.8) is 0 Å². The van der Waals surface area contributed by atoms with E-state index in [9.17, 15) is 7.77 Å². The Kier molecular flexibility index (Phi) is 4.56. The topological polar surface area (TPSA) is 47.6 Å². The number of nitriles is 2. The lowest BCUT2D eigenvalue weighted by molar-refractivity contribution is 0.734. The first kappa shape index (κ1) is 10.2. The van der Waals surface area contributed by atoms with Gasteiger partial charge in [-0.2, -0.15) is 18.3 Å². The zero-order chi connectivity index (χ0) is 8.74. The van der Waals surface area contributed by atoms with Crippen molar-refractivity contribution in [3.05, 3.63) is 0 Å². The lowest BCUT2D eigenvalue weighted by Gasteiger charge is -2.16. The maximum Gasteiger partial charge on any atom is 0.0631 e. The standard InChI is InChI=1S/C6H8F2N2S/c7-11(8,5-1-3-9)6-2-4-10/h1-2,5-6H2. The minimum atomic E-state index is -3.65. The molecule has 0 spiro atoms. The summed E-state index contributed by atoms with van der Waals surface area (Å²) in [7, 11) is -3.65. The SMILES string of the molecule is N#CCCS(F)(F)CCC#N. The Morgan fingerprint density at radius 2 is 1.36 bits per heavy atom. The summed E-state index contributed by atoms with van der Waals surface area (Å²) >= 11 is 0. The number of hydrogen-bond donors (Lipinski definition) is 0. The van der Waals surface area contributed by atoms with E-state index in [2.05, 4.69) is 0 Å². The van der Waals surface area contributed by atoms with Gasteiger partial charge in [0.25, 0.3) is 0 Å². The van der Waals surface area contributed by atoms with Crippen molar-refractivity contribution < 1.29 is 7.77 Å². The first-order chi connectivity index (χ1) is 5.12. The molecule has 0 aromatic carbocycles. The molecule has 0 radical (unpaired) electrons. The summed E-state index contributed by atoms with van der Waals surface area (Å²) < 4.78 is 25.2. The van der Waals surface area contributed by atoms with E-state index in [0.717, 1.165) is 0 Å². The zero-order valence-corrected chi connectivity index (χ0v) is 6.70. The Hall–Kier alpha value is -0.810. The molecule has 0 bridgehead atoms. The summed E-state index contributed by atoms with van der Waals surface area (Å²) in [6.07, 6.45) is -0.235. The summed E-state index contributed by atoms with van der Waals surface area (Å²) in [6, 6.07) is 3.32. The molecular formula is C6H8F2N2S. The molecule has 0 fully saturated rings. The summed E-state index contributed by atoms with van der Waals surface area (Å²) in [4.78, 5) is 0. The second-order valence-electron chi connectivity index (χ2n) is 1.92. The molecule has 62 valence electrons. The van der Waals surface area contributed by atoms with Crippen LogP contribution in [0.15, 0.2) is 0 Å². The first-order valence-corrected chi connectivity index (χ1v) is 4.81. The third kappa shape index (κ3) is 5.63. The Bertz CT molecular complexity index is 172. The fourth-order valence-electron chi connectivity index (χ4n) is 0.492. The van der Waals surface area contributed by atoms with Crippen LogP contribution in [-0.4, -0.2) is 11.5 Å². The maximum atomic E-state index is 12.6. The van der Waals surface area contributed by atoms with Gasteiger partial charge in [0.05, 0.1) is 22.9 Å². The monoisotopic (exact) mass is 178 g/mol. The van der Waals surface area contributed by atoms with Gasteiger partial charge in [-0.1, -0.05) is 0 Å². The largest absolute Gasteiger partial charge is 0.198 e. The summed E-state index contributed by atoms with van der Waals surface area (Å²) in [6.45, 7) is 0. The number of nitrogens with zero attached hydrogens (tertiary/aromatic N) is 2. The molecule has 0 rings (SSSR count). The first-order valence-electron chi connectivity index (χ1n) is 3.04. The van der Waals surface area contributed by atoms with Crippen LogP contribution in [0, 0.1) is 22.7 Å². The van der Waals surface area contributed by atoms with Gasteiger partial charge >= 0.3 is 0 Å². The molecule has 0 aromatic rings. The number of halogens is 2. The summed E-state index contributed by atoms with van der Waals surface area (Å²) in [5, 5.41) is 16.0. The highest BCUT2D eigenvalue weighted by Gasteiger charge is 2.20. The van der Waals surface area contributed by atoms with Crippen LogP contribution < -0.4 is 0 Å².